The molecule has 0 saturated carbocycles. The number of nitrogens with one attached hydrogen (secondary N) is 1. The van der Waals surface area contributed by atoms with Crippen molar-refractivity contribution in [3.8, 4) is 11.5 Å². The third kappa shape index (κ3) is 3.41. The zero-order chi connectivity index (χ0) is 14.5. The molecule has 1 aliphatic rings. The highest BCUT2D eigenvalue weighted by Crippen LogP contribution is 2.12. The second-order valence-electron chi connectivity index (χ2n) is 4.95. The Morgan fingerprint density at radius 2 is 2.14 bits per heavy atom. The van der Waals surface area contributed by atoms with Crippen LogP contribution >= 0.6 is 0 Å². The monoisotopic (exact) mass is 284 g/mol. The lowest BCUT2D eigenvalue weighted by molar-refractivity contribution is 0.0944. The highest BCUT2D eigenvalue weighted by atomic mass is 16.5. The smallest absolute Gasteiger partial charge is 0.254 e. The van der Waals surface area contributed by atoms with Gasteiger partial charge in [-0.15, -0.1) is 0 Å². The number of carbonyl (C=O) groups excluding carboxylic acids is 1. The van der Waals surface area contributed by atoms with Gasteiger partial charge in [-0.3, -0.25) is 9.78 Å². The molecule has 21 heavy (non-hydrogen) atoms. The number of carbonyl (C=O) groups is 1. The van der Waals surface area contributed by atoms with Crippen LogP contribution in [0.5, 0.6) is 0 Å². The summed E-state index contributed by atoms with van der Waals surface area (Å²) in [5.74, 6) is 0.758. The van der Waals surface area contributed by atoms with Crippen molar-refractivity contribution < 1.29 is 9.53 Å². The van der Waals surface area contributed by atoms with Gasteiger partial charge in [0.05, 0.1) is 12.2 Å². The molecule has 0 bridgehead atoms. The first kappa shape index (κ1) is 13.6. The molecule has 0 spiro atoms. The summed E-state index contributed by atoms with van der Waals surface area (Å²) in [5, 5.41) is 2.89. The predicted molar refractivity (Wildman–Crippen MR) is 76.5 cm³/mol. The molecule has 1 amide bonds. The highest BCUT2D eigenvalue weighted by Gasteiger charge is 2.17. The lowest BCUT2D eigenvalue weighted by Crippen LogP contribution is -2.29. The Kier molecular flexibility index (Phi) is 4.16. The Labute approximate surface area is 122 Å². The van der Waals surface area contributed by atoms with Crippen molar-refractivity contribution in [3.05, 3.63) is 42.4 Å². The first-order chi connectivity index (χ1) is 10.3. The van der Waals surface area contributed by atoms with E-state index in [1.807, 2.05) is 18.2 Å². The molecule has 1 fully saturated rings. The van der Waals surface area contributed by atoms with E-state index in [1.54, 1.807) is 6.20 Å². The standard InChI is InChI=1S/C15H16N4O2/c20-15(19-7-11-4-6-21-10-11)12-8-17-14(18-9-12)13-3-1-2-5-16-13/h1-3,5,8-9,11H,4,6-7,10H2,(H,19,20)/t11-/m1/s1. The maximum atomic E-state index is 12.0. The molecule has 0 aliphatic carbocycles. The molecule has 108 valence electrons. The van der Waals surface area contributed by atoms with E-state index in [4.69, 9.17) is 4.74 Å². The fourth-order valence-corrected chi connectivity index (χ4v) is 2.16. The summed E-state index contributed by atoms with van der Waals surface area (Å²) in [4.78, 5) is 24.6. The largest absolute Gasteiger partial charge is 0.381 e. The van der Waals surface area contributed by atoms with Crippen LogP contribution in [0.1, 0.15) is 16.8 Å². The number of pyridine rings is 1. The Hall–Kier alpha value is -2.34. The summed E-state index contributed by atoms with van der Waals surface area (Å²) in [6, 6.07) is 5.53. The molecular formula is C15H16N4O2. The topological polar surface area (TPSA) is 77.0 Å². The van der Waals surface area contributed by atoms with Crippen LogP contribution in [0.3, 0.4) is 0 Å². The van der Waals surface area contributed by atoms with Crippen molar-refractivity contribution in [2.45, 2.75) is 6.42 Å². The van der Waals surface area contributed by atoms with Crippen molar-refractivity contribution >= 4 is 5.91 Å². The molecule has 0 unspecified atom stereocenters. The Bertz CT molecular complexity index is 595. The van der Waals surface area contributed by atoms with E-state index < -0.39 is 0 Å². The molecule has 2 aromatic heterocycles. The van der Waals surface area contributed by atoms with Crippen LogP contribution in [0, 0.1) is 5.92 Å². The van der Waals surface area contributed by atoms with Crippen LogP contribution in [0.15, 0.2) is 36.8 Å². The third-order valence-electron chi connectivity index (χ3n) is 3.38. The number of nitrogens with zero attached hydrogens (tertiary/aromatic N) is 3. The SMILES string of the molecule is O=C(NC[C@H]1CCOC1)c1cnc(-c2ccccn2)nc1. The van der Waals surface area contributed by atoms with E-state index in [-0.39, 0.29) is 5.91 Å². The summed E-state index contributed by atoms with van der Waals surface area (Å²) < 4.78 is 5.28. The Morgan fingerprint density at radius 3 is 2.81 bits per heavy atom. The van der Waals surface area contributed by atoms with E-state index in [2.05, 4.69) is 20.3 Å². The number of hydrogen-bond donors (Lipinski definition) is 1. The molecule has 1 atom stereocenters. The van der Waals surface area contributed by atoms with Crippen LogP contribution in [0.4, 0.5) is 0 Å². The zero-order valence-corrected chi connectivity index (χ0v) is 11.5. The van der Waals surface area contributed by atoms with Gasteiger partial charge in [-0.2, -0.15) is 0 Å². The molecule has 3 rings (SSSR count). The van der Waals surface area contributed by atoms with Gasteiger partial charge in [0, 0.05) is 37.7 Å². The average Bonchev–Trinajstić information content (AvgIpc) is 3.07. The quantitative estimate of drug-likeness (QED) is 0.916. The zero-order valence-electron chi connectivity index (χ0n) is 11.5. The number of aromatic nitrogens is 3. The first-order valence-corrected chi connectivity index (χ1v) is 6.92. The second-order valence-corrected chi connectivity index (χ2v) is 4.95. The van der Waals surface area contributed by atoms with E-state index in [1.165, 1.54) is 12.4 Å². The number of hydrogen-bond acceptors (Lipinski definition) is 5. The van der Waals surface area contributed by atoms with Crippen molar-refractivity contribution in [3.63, 3.8) is 0 Å². The van der Waals surface area contributed by atoms with Crippen molar-refractivity contribution in [1.29, 1.82) is 0 Å². The molecule has 6 nitrogen and oxygen atoms in total. The van der Waals surface area contributed by atoms with Gasteiger partial charge in [0.15, 0.2) is 5.82 Å². The van der Waals surface area contributed by atoms with Gasteiger partial charge in [-0.1, -0.05) is 6.07 Å². The average molecular weight is 284 g/mol. The maximum absolute atomic E-state index is 12.0. The fraction of sp³-hybridized carbons (Fsp3) is 0.333. The van der Waals surface area contributed by atoms with Gasteiger partial charge < -0.3 is 10.1 Å². The molecular weight excluding hydrogens is 268 g/mol. The number of amides is 1. The lowest BCUT2D eigenvalue weighted by atomic mass is 10.1. The molecule has 1 aliphatic heterocycles. The molecule has 1 saturated heterocycles. The van der Waals surface area contributed by atoms with Gasteiger partial charge in [0.1, 0.15) is 5.69 Å². The Morgan fingerprint density at radius 1 is 1.29 bits per heavy atom. The van der Waals surface area contributed by atoms with Crippen molar-refractivity contribution in [1.82, 2.24) is 20.3 Å². The van der Waals surface area contributed by atoms with Gasteiger partial charge in [0.2, 0.25) is 0 Å². The summed E-state index contributed by atoms with van der Waals surface area (Å²) in [6.07, 6.45) is 5.73. The first-order valence-electron chi connectivity index (χ1n) is 6.92. The molecule has 2 aromatic rings. The van der Waals surface area contributed by atoms with Crippen molar-refractivity contribution in [2.24, 2.45) is 5.92 Å². The second kappa shape index (κ2) is 6.41. The number of ether oxygens (including phenoxy) is 1. The highest BCUT2D eigenvalue weighted by molar-refractivity contribution is 5.93. The van der Waals surface area contributed by atoms with E-state index >= 15 is 0 Å². The van der Waals surface area contributed by atoms with Gasteiger partial charge in [0.25, 0.3) is 5.91 Å². The van der Waals surface area contributed by atoms with Crippen LogP contribution in [-0.2, 0) is 4.74 Å². The molecule has 6 heteroatoms. The summed E-state index contributed by atoms with van der Waals surface area (Å²) in [7, 11) is 0. The normalized spacial score (nSPS) is 17.6. The number of rotatable bonds is 4. The molecule has 3 heterocycles. The lowest BCUT2D eigenvalue weighted by Gasteiger charge is -2.09. The summed E-state index contributed by atoms with van der Waals surface area (Å²) in [6.45, 7) is 2.12. The minimum Gasteiger partial charge on any atom is -0.381 e. The van der Waals surface area contributed by atoms with Crippen LogP contribution in [0.2, 0.25) is 0 Å². The van der Waals surface area contributed by atoms with Crippen LogP contribution < -0.4 is 5.32 Å². The summed E-state index contributed by atoms with van der Waals surface area (Å²) >= 11 is 0. The maximum Gasteiger partial charge on any atom is 0.254 e. The van der Waals surface area contributed by atoms with E-state index in [9.17, 15) is 4.79 Å². The van der Waals surface area contributed by atoms with Crippen LogP contribution in [-0.4, -0.2) is 40.6 Å². The van der Waals surface area contributed by atoms with Crippen molar-refractivity contribution in [2.75, 3.05) is 19.8 Å². The van der Waals surface area contributed by atoms with E-state index in [0.29, 0.717) is 29.5 Å². The molecule has 0 aromatic carbocycles. The Balaban J connectivity index is 1.62. The minimum atomic E-state index is -0.158. The fourth-order valence-electron chi connectivity index (χ4n) is 2.16. The minimum absolute atomic E-state index is 0.158. The molecule has 0 radical (unpaired) electrons. The van der Waals surface area contributed by atoms with E-state index in [0.717, 1.165) is 19.6 Å². The van der Waals surface area contributed by atoms with Gasteiger partial charge in [-0.05, 0) is 18.6 Å². The predicted octanol–water partition coefficient (Wildman–Crippen LogP) is 1.30. The third-order valence-corrected chi connectivity index (χ3v) is 3.38. The van der Waals surface area contributed by atoms with Crippen LogP contribution in [0.25, 0.3) is 11.5 Å². The summed E-state index contributed by atoms with van der Waals surface area (Å²) in [5.41, 5.74) is 1.14. The molecule has 1 N–H and O–H groups in total. The van der Waals surface area contributed by atoms with Gasteiger partial charge in [-0.25, -0.2) is 9.97 Å². The van der Waals surface area contributed by atoms with Gasteiger partial charge >= 0.3 is 0 Å².